The van der Waals surface area contributed by atoms with Gasteiger partial charge in [0, 0.05) is 57.5 Å². The third-order valence-electron chi connectivity index (χ3n) is 6.60. The second-order valence-electron chi connectivity index (χ2n) is 8.82. The Morgan fingerprint density at radius 1 is 1.03 bits per heavy atom. The molecular weight excluding hydrogens is 525 g/mol. The van der Waals surface area contributed by atoms with Gasteiger partial charge >= 0.3 is 0 Å². The van der Waals surface area contributed by atoms with Crippen molar-refractivity contribution in [3.63, 3.8) is 0 Å². The van der Waals surface area contributed by atoms with Crippen LogP contribution >= 0.6 is 24.0 Å². The van der Waals surface area contributed by atoms with Gasteiger partial charge < -0.3 is 20.3 Å². The lowest BCUT2D eigenvalue weighted by molar-refractivity contribution is 0.122. The summed E-state index contributed by atoms with van der Waals surface area (Å²) in [5.41, 5.74) is 3.98. The van der Waals surface area contributed by atoms with Crippen LogP contribution in [0.2, 0.25) is 0 Å². The van der Waals surface area contributed by atoms with Crippen molar-refractivity contribution in [2.45, 2.75) is 44.9 Å². The third-order valence-corrected chi connectivity index (χ3v) is 6.60. The fraction of sp³-hybridized carbons (Fsp3) is 0.500. The first-order valence-corrected chi connectivity index (χ1v) is 11.9. The summed E-state index contributed by atoms with van der Waals surface area (Å²) >= 11 is 0. The van der Waals surface area contributed by atoms with Gasteiger partial charge in [-0.25, -0.2) is 0 Å². The molecule has 2 unspecified atom stereocenters. The summed E-state index contributed by atoms with van der Waals surface area (Å²) in [5.74, 6) is 0.885. The van der Waals surface area contributed by atoms with Crippen molar-refractivity contribution in [1.82, 2.24) is 15.5 Å². The molecule has 2 N–H and O–H groups in total. The minimum atomic E-state index is 0. The molecule has 2 aromatic carbocycles. The van der Waals surface area contributed by atoms with E-state index in [-0.39, 0.29) is 24.0 Å². The number of ether oxygens (including phenoxy) is 1. The highest BCUT2D eigenvalue weighted by Gasteiger charge is 2.26. The van der Waals surface area contributed by atoms with Gasteiger partial charge in [-0.05, 0) is 37.0 Å². The average molecular weight is 564 g/mol. The summed E-state index contributed by atoms with van der Waals surface area (Å²) < 4.78 is 5.52. The minimum Gasteiger partial charge on any atom is -0.378 e. The third kappa shape index (κ3) is 7.32. The summed E-state index contributed by atoms with van der Waals surface area (Å²) in [6.07, 6.45) is 2.25. The Labute approximate surface area is 215 Å². The van der Waals surface area contributed by atoms with Crippen molar-refractivity contribution in [2.24, 2.45) is 4.99 Å². The highest BCUT2D eigenvalue weighted by Crippen LogP contribution is 2.22. The molecule has 0 aliphatic carbocycles. The van der Waals surface area contributed by atoms with Crippen molar-refractivity contribution in [2.75, 3.05) is 44.8 Å². The number of para-hydroxylation sites is 1. The number of nitrogens with one attached hydrogen (secondary N) is 2. The number of hydrogen-bond acceptors (Lipinski definition) is 4. The van der Waals surface area contributed by atoms with E-state index in [2.05, 4.69) is 86.9 Å². The van der Waals surface area contributed by atoms with Crippen LogP contribution in [0.25, 0.3) is 0 Å². The lowest BCUT2D eigenvalue weighted by Crippen LogP contribution is -2.51. The maximum atomic E-state index is 5.52. The first-order valence-electron chi connectivity index (χ1n) is 11.9. The average Bonchev–Trinajstić information content (AvgIpc) is 2.85. The second-order valence-corrected chi connectivity index (χ2v) is 8.82. The van der Waals surface area contributed by atoms with E-state index in [4.69, 9.17) is 4.74 Å². The van der Waals surface area contributed by atoms with Crippen LogP contribution in [0.15, 0.2) is 59.6 Å². The maximum absolute atomic E-state index is 5.52. The summed E-state index contributed by atoms with van der Waals surface area (Å²) in [6.45, 7) is 8.72. The number of piperidine rings is 1. The number of rotatable bonds is 6. The maximum Gasteiger partial charge on any atom is 0.191 e. The normalized spacial score (nSPS) is 21.9. The molecule has 2 aliphatic rings. The van der Waals surface area contributed by atoms with Gasteiger partial charge in [-0.2, -0.15) is 0 Å². The molecule has 0 spiro atoms. The van der Waals surface area contributed by atoms with E-state index < -0.39 is 0 Å². The van der Waals surface area contributed by atoms with Crippen molar-refractivity contribution in [3.8, 4) is 0 Å². The monoisotopic (exact) mass is 563 g/mol. The van der Waals surface area contributed by atoms with Crippen LogP contribution in [0.3, 0.4) is 0 Å². The Kier molecular flexibility index (Phi) is 10.3. The predicted molar refractivity (Wildman–Crippen MR) is 148 cm³/mol. The van der Waals surface area contributed by atoms with Gasteiger partial charge in [0.2, 0.25) is 0 Å². The molecule has 7 heteroatoms. The molecule has 0 saturated carbocycles. The molecule has 6 nitrogen and oxygen atoms in total. The highest BCUT2D eigenvalue weighted by atomic mass is 127. The number of anilines is 1. The van der Waals surface area contributed by atoms with E-state index in [0.717, 1.165) is 64.7 Å². The molecule has 180 valence electrons. The van der Waals surface area contributed by atoms with Crippen molar-refractivity contribution >= 4 is 35.6 Å². The van der Waals surface area contributed by atoms with Gasteiger partial charge in [-0.1, -0.05) is 48.5 Å². The fourth-order valence-electron chi connectivity index (χ4n) is 4.74. The molecule has 0 amide bonds. The number of halogens is 1. The van der Waals surface area contributed by atoms with Crippen LogP contribution in [0.4, 0.5) is 5.69 Å². The molecule has 2 aromatic rings. The number of benzene rings is 2. The van der Waals surface area contributed by atoms with E-state index in [1.54, 1.807) is 0 Å². The Balaban J connectivity index is 0.00000306. The zero-order chi connectivity index (χ0) is 22.2. The van der Waals surface area contributed by atoms with Gasteiger partial charge in [-0.3, -0.25) is 9.89 Å². The highest BCUT2D eigenvalue weighted by molar-refractivity contribution is 14.0. The van der Waals surface area contributed by atoms with Gasteiger partial charge in [-0.15, -0.1) is 24.0 Å². The fourth-order valence-corrected chi connectivity index (χ4v) is 4.74. The van der Waals surface area contributed by atoms with Gasteiger partial charge in [0.05, 0.1) is 13.2 Å². The number of likely N-dealkylation sites (tertiary alicyclic amines) is 1. The molecule has 2 heterocycles. The summed E-state index contributed by atoms with van der Waals surface area (Å²) in [5, 5.41) is 7.21. The van der Waals surface area contributed by atoms with Gasteiger partial charge in [0.15, 0.2) is 5.96 Å². The predicted octanol–water partition coefficient (Wildman–Crippen LogP) is 3.86. The SMILES string of the molecule is CN=C(NCc1ccccc1N1CCOCC1)NC1CCN(Cc2ccccc2)C(C)C1.I. The minimum absolute atomic E-state index is 0. The molecule has 2 saturated heterocycles. The number of nitrogens with zero attached hydrogens (tertiary/aromatic N) is 3. The number of guanidine groups is 1. The lowest BCUT2D eigenvalue weighted by Gasteiger charge is -2.38. The topological polar surface area (TPSA) is 52.1 Å². The summed E-state index contributed by atoms with van der Waals surface area (Å²) in [4.78, 5) is 9.50. The van der Waals surface area contributed by atoms with E-state index in [9.17, 15) is 0 Å². The van der Waals surface area contributed by atoms with Crippen LogP contribution in [0.5, 0.6) is 0 Å². The van der Waals surface area contributed by atoms with Crippen molar-refractivity contribution in [1.29, 1.82) is 0 Å². The van der Waals surface area contributed by atoms with Crippen LogP contribution in [0.1, 0.15) is 30.9 Å². The van der Waals surface area contributed by atoms with E-state index in [1.165, 1.54) is 16.8 Å². The molecule has 0 radical (unpaired) electrons. The largest absolute Gasteiger partial charge is 0.378 e. The molecule has 2 fully saturated rings. The quantitative estimate of drug-likeness (QED) is 0.318. The van der Waals surface area contributed by atoms with Crippen LogP contribution in [0, 0.1) is 0 Å². The van der Waals surface area contributed by atoms with Gasteiger partial charge in [0.25, 0.3) is 0 Å². The van der Waals surface area contributed by atoms with Gasteiger partial charge in [0.1, 0.15) is 0 Å². The Morgan fingerprint density at radius 3 is 2.48 bits per heavy atom. The molecule has 0 aromatic heterocycles. The molecule has 2 atom stereocenters. The second kappa shape index (κ2) is 13.2. The van der Waals surface area contributed by atoms with E-state index >= 15 is 0 Å². The summed E-state index contributed by atoms with van der Waals surface area (Å²) in [7, 11) is 1.86. The molecular formula is C26H38IN5O. The van der Waals surface area contributed by atoms with E-state index in [0.29, 0.717) is 12.1 Å². The first kappa shape index (κ1) is 25.8. The smallest absolute Gasteiger partial charge is 0.191 e. The lowest BCUT2D eigenvalue weighted by atomic mass is 9.97. The number of aliphatic imine (C=N–C) groups is 1. The Bertz CT molecular complexity index is 872. The standard InChI is InChI=1S/C26H37N5O.HI/c1-21-18-24(12-13-31(21)20-22-8-4-3-5-9-22)29-26(27-2)28-19-23-10-6-7-11-25(23)30-14-16-32-17-15-30;/h3-11,21,24H,12-20H2,1-2H3,(H2,27,28,29);1H. The number of hydrogen-bond donors (Lipinski definition) is 2. The number of morpholine rings is 1. The van der Waals surface area contributed by atoms with Crippen LogP contribution < -0.4 is 15.5 Å². The molecule has 4 rings (SSSR count). The molecule has 33 heavy (non-hydrogen) atoms. The first-order chi connectivity index (χ1) is 15.7. The Morgan fingerprint density at radius 2 is 1.76 bits per heavy atom. The Hall–Kier alpha value is -1.84. The molecule has 0 bridgehead atoms. The zero-order valence-corrected chi connectivity index (χ0v) is 22.2. The van der Waals surface area contributed by atoms with Crippen LogP contribution in [-0.4, -0.2) is 62.8 Å². The zero-order valence-electron chi connectivity index (χ0n) is 19.9. The van der Waals surface area contributed by atoms with Crippen molar-refractivity contribution in [3.05, 3.63) is 65.7 Å². The van der Waals surface area contributed by atoms with Crippen LogP contribution in [-0.2, 0) is 17.8 Å². The molecule has 2 aliphatic heterocycles. The van der Waals surface area contributed by atoms with E-state index in [1.807, 2.05) is 7.05 Å². The summed E-state index contributed by atoms with van der Waals surface area (Å²) in [6, 6.07) is 20.4. The van der Waals surface area contributed by atoms with Crippen molar-refractivity contribution < 1.29 is 4.74 Å².